The van der Waals surface area contributed by atoms with E-state index in [1.54, 1.807) is 6.92 Å². The van der Waals surface area contributed by atoms with Gasteiger partial charge in [0.1, 0.15) is 5.76 Å². The number of nitrogens with one attached hydrogen (secondary N) is 3. The Labute approximate surface area is 165 Å². The topological polar surface area (TPSA) is 89.9 Å². The van der Waals surface area contributed by atoms with Crippen LogP contribution in [0.1, 0.15) is 44.1 Å². The van der Waals surface area contributed by atoms with Gasteiger partial charge in [-0.25, -0.2) is 0 Å². The molecular weight excluding hydrogens is 380 g/mol. The monoisotopic (exact) mass is 404 g/mol. The molecule has 0 aliphatic heterocycles. The molecule has 1 aliphatic carbocycles. The average Bonchev–Trinajstić information content (AvgIpc) is 3.32. The summed E-state index contributed by atoms with van der Waals surface area (Å²) in [5.74, 6) is 0.778. The van der Waals surface area contributed by atoms with Gasteiger partial charge in [0, 0.05) is 16.5 Å². The van der Waals surface area contributed by atoms with Crippen LogP contribution in [-0.2, 0) is 0 Å². The fourth-order valence-electron chi connectivity index (χ4n) is 3.83. The summed E-state index contributed by atoms with van der Waals surface area (Å²) in [5, 5.41) is 15.0. The molecule has 3 aromatic rings. The highest BCUT2D eigenvalue weighted by Crippen LogP contribution is 2.38. The summed E-state index contributed by atoms with van der Waals surface area (Å²) in [7, 11) is -0.602. The zero-order valence-electron chi connectivity index (χ0n) is 15.7. The number of imidazole rings is 1. The molecule has 144 valence electrons. The number of hydrogen-bond acceptors (Lipinski definition) is 4. The minimum atomic E-state index is -0.602. The lowest BCUT2D eigenvalue weighted by Gasteiger charge is -2.19. The van der Waals surface area contributed by atoms with E-state index >= 15 is 0 Å². The number of aromatic amines is 2. The molecule has 8 heteroatoms. The van der Waals surface area contributed by atoms with Crippen LogP contribution in [0.2, 0.25) is 0 Å². The predicted octanol–water partition coefficient (Wildman–Crippen LogP) is 5.28. The van der Waals surface area contributed by atoms with Crippen molar-refractivity contribution in [1.82, 2.24) is 19.8 Å². The standard InChI is InChI=1S/C19H24N4O2S2/c1-10-17(11(2)25-22-10)13-8-15-18(21-19(26)20-15)16(9-13)27(12(3)24)23-14-6-4-5-7-14/h8-9,14,23-24H,4-7H2,1-3H3,(H2,20,21,26). The lowest BCUT2D eigenvalue weighted by Crippen LogP contribution is -2.22. The molecule has 1 unspecified atom stereocenters. The van der Waals surface area contributed by atoms with Crippen LogP contribution in [0.15, 0.2) is 21.6 Å². The van der Waals surface area contributed by atoms with Crippen molar-refractivity contribution in [3.8, 4) is 11.1 Å². The largest absolute Gasteiger partial charge is 0.361 e. The van der Waals surface area contributed by atoms with Crippen molar-refractivity contribution in [3.05, 3.63) is 28.4 Å². The Balaban J connectivity index is 1.92. The van der Waals surface area contributed by atoms with Gasteiger partial charge in [0.2, 0.25) is 0 Å². The predicted molar refractivity (Wildman–Crippen MR) is 113 cm³/mol. The molecule has 2 heterocycles. The van der Waals surface area contributed by atoms with Crippen molar-refractivity contribution in [2.24, 2.45) is 0 Å². The lowest BCUT2D eigenvalue weighted by atomic mass is 10.0. The number of benzene rings is 1. The molecule has 27 heavy (non-hydrogen) atoms. The lowest BCUT2D eigenvalue weighted by molar-refractivity contribution is 0.393. The van der Waals surface area contributed by atoms with E-state index in [0.717, 1.165) is 51.4 Å². The minimum absolute atomic E-state index is 0.375. The summed E-state index contributed by atoms with van der Waals surface area (Å²) in [6.45, 7) is 5.62. The third-order valence-corrected chi connectivity index (χ3v) is 7.19. The fourth-order valence-corrected chi connectivity index (χ4v) is 5.84. The number of aliphatic hydroxyl groups excluding tert-OH is 1. The second-order valence-electron chi connectivity index (χ2n) is 7.10. The Morgan fingerprint density at radius 1 is 1.30 bits per heavy atom. The third-order valence-electron chi connectivity index (χ3n) is 5.07. The molecule has 1 aromatic carbocycles. The smallest absolute Gasteiger partial charge is 0.175 e. The van der Waals surface area contributed by atoms with Gasteiger partial charge in [0.05, 0.1) is 21.8 Å². The Morgan fingerprint density at radius 3 is 2.67 bits per heavy atom. The first-order valence-electron chi connectivity index (χ1n) is 9.16. The highest BCUT2D eigenvalue weighted by molar-refractivity contribution is 8.14. The van der Waals surface area contributed by atoms with Crippen LogP contribution >= 0.6 is 22.9 Å². The van der Waals surface area contributed by atoms with Crippen molar-refractivity contribution in [3.63, 3.8) is 0 Å². The highest BCUT2D eigenvalue weighted by atomic mass is 32.2. The molecule has 4 N–H and O–H groups in total. The van der Waals surface area contributed by atoms with Crippen LogP contribution in [0.25, 0.3) is 22.2 Å². The second-order valence-corrected chi connectivity index (χ2v) is 9.39. The molecule has 1 aliphatic rings. The molecule has 1 atom stereocenters. The molecular formula is C19H24N4O2S2. The van der Waals surface area contributed by atoms with Crippen molar-refractivity contribution in [1.29, 1.82) is 0 Å². The molecule has 6 nitrogen and oxygen atoms in total. The van der Waals surface area contributed by atoms with E-state index in [0.29, 0.717) is 15.9 Å². The number of H-pyrrole nitrogens is 2. The van der Waals surface area contributed by atoms with Gasteiger partial charge >= 0.3 is 0 Å². The molecule has 0 saturated heterocycles. The molecule has 0 amide bonds. The van der Waals surface area contributed by atoms with Crippen LogP contribution in [-0.4, -0.2) is 31.3 Å². The quantitative estimate of drug-likeness (QED) is 0.444. The van der Waals surface area contributed by atoms with Gasteiger partial charge in [-0.15, -0.1) is 0 Å². The molecule has 2 aromatic heterocycles. The van der Waals surface area contributed by atoms with Gasteiger partial charge < -0.3 is 19.6 Å². The minimum Gasteiger partial charge on any atom is -0.361 e. The Hall–Kier alpha value is -1.74. The summed E-state index contributed by atoms with van der Waals surface area (Å²) >= 11 is 5.33. The highest BCUT2D eigenvalue weighted by Gasteiger charge is 2.21. The first-order chi connectivity index (χ1) is 12.9. The number of fused-ring (bicyclic) bond motifs is 1. The second kappa shape index (κ2) is 7.35. The van der Waals surface area contributed by atoms with E-state index < -0.39 is 10.7 Å². The van der Waals surface area contributed by atoms with Gasteiger partial charge in [0.15, 0.2) is 4.77 Å². The average molecular weight is 405 g/mol. The SMILES string of the molecule is C/C(O)=S(\NC1CCCC1)c1cc(-c2c(C)noc2C)cc2[nH]c(=S)[nH]c12. The molecule has 0 spiro atoms. The van der Waals surface area contributed by atoms with Crippen LogP contribution in [0, 0.1) is 18.6 Å². The normalized spacial score (nSPS) is 17.0. The number of aromatic nitrogens is 3. The first-order valence-corrected chi connectivity index (χ1v) is 10.8. The van der Waals surface area contributed by atoms with E-state index in [-0.39, 0.29) is 0 Å². The molecule has 1 saturated carbocycles. The third kappa shape index (κ3) is 3.54. The zero-order chi connectivity index (χ0) is 19.1. The number of hydrogen-bond donors (Lipinski definition) is 4. The Morgan fingerprint density at radius 2 is 2.04 bits per heavy atom. The Kier molecular flexibility index (Phi) is 5.07. The van der Waals surface area contributed by atoms with E-state index in [9.17, 15) is 5.11 Å². The molecule has 0 radical (unpaired) electrons. The van der Waals surface area contributed by atoms with Crippen LogP contribution in [0.4, 0.5) is 0 Å². The van der Waals surface area contributed by atoms with Crippen LogP contribution in [0.3, 0.4) is 0 Å². The van der Waals surface area contributed by atoms with Gasteiger partial charge in [-0.3, -0.25) is 4.72 Å². The molecule has 1 fully saturated rings. The Bertz CT molecular complexity index is 1060. The van der Waals surface area contributed by atoms with E-state index in [1.165, 1.54) is 12.8 Å². The summed E-state index contributed by atoms with van der Waals surface area (Å²) < 4.78 is 9.61. The van der Waals surface area contributed by atoms with Crippen molar-refractivity contribution in [2.45, 2.75) is 57.4 Å². The maximum Gasteiger partial charge on any atom is 0.175 e. The summed E-state index contributed by atoms with van der Waals surface area (Å²) in [6.07, 6.45) is 4.76. The van der Waals surface area contributed by atoms with E-state index in [2.05, 4.69) is 32.0 Å². The van der Waals surface area contributed by atoms with Gasteiger partial charge in [-0.05, 0) is 63.5 Å². The van der Waals surface area contributed by atoms with Gasteiger partial charge in [-0.2, -0.15) is 0 Å². The van der Waals surface area contributed by atoms with Crippen molar-refractivity contribution < 1.29 is 9.63 Å². The zero-order valence-corrected chi connectivity index (χ0v) is 17.3. The van der Waals surface area contributed by atoms with Crippen molar-refractivity contribution >= 4 is 39.0 Å². The fraction of sp³-hybridized carbons (Fsp3) is 0.421. The van der Waals surface area contributed by atoms with Gasteiger partial charge in [0.25, 0.3) is 0 Å². The number of nitrogens with zero attached hydrogens (tertiary/aromatic N) is 1. The summed E-state index contributed by atoms with van der Waals surface area (Å²) in [5.41, 5.74) is 4.68. The summed E-state index contributed by atoms with van der Waals surface area (Å²) in [4.78, 5) is 7.47. The molecule has 0 bridgehead atoms. The molecule has 4 rings (SSSR count). The van der Waals surface area contributed by atoms with Crippen molar-refractivity contribution in [2.75, 3.05) is 0 Å². The number of rotatable bonds is 4. The van der Waals surface area contributed by atoms with Crippen LogP contribution in [0.5, 0.6) is 0 Å². The number of aryl methyl sites for hydroxylation is 2. The maximum absolute atomic E-state index is 10.5. The number of aliphatic hydroxyl groups is 1. The first kappa shape index (κ1) is 18.6. The summed E-state index contributed by atoms with van der Waals surface area (Å²) in [6, 6.07) is 4.59. The van der Waals surface area contributed by atoms with E-state index in [1.807, 2.05) is 13.8 Å². The van der Waals surface area contributed by atoms with E-state index in [4.69, 9.17) is 16.7 Å². The van der Waals surface area contributed by atoms with Gasteiger partial charge in [-0.1, -0.05) is 28.7 Å². The maximum atomic E-state index is 10.5. The van der Waals surface area contributed by atoms with Crippen LogP contribution < -0.4 is 4.72 Å².